The third-order valence-electron chi connectivity index (χ3n) is 2.83. The van der Waals surface area contributed by atoms with Gasteiger partial charge in [-0.25, -0.2) is 0 Å². The van der Waals surface area contributed by atoms with Gasteiger partial charge in [-0.1, -0.05) is 13.8 Å². The highest BCUT2D eigenvalue weighted by Gasteiger charge is 2.17. The number of rotatable bonds is 6. The molecule has 0 aliphatic rings. The van der Waals surface area contributed by atoms with Gasteiger partial charge in [0.25, 0.3) is 0 Å². The first-order valence-corrected chi connectivity index (χ1v) is 6.18. The molecule has 0 aliphatic carbocycles. The van der Waals surface area contributed by atoms with Crippen molar-refractivity contribution in [2.24, 2.45) is 18.7 Å². The number of amides is 2. The SMILES string of the molecule is CC(C)[C@H](N)C(=O)NCC(=O)NCc1ccnn1C. The van der Waals surface area contributed by atoms with Gasteiger partial charge in [0.2, 0.25) is 11.8 Å². The lowest BCUT2D eigenvalue weighted by Gasteiger charge is -2.15. The molecule has 1 aromatic heterocycles. The largest absolute Gasteiger partial charge is 0.349 e. The first kappa shape index (κ1) is 15.2. The van der Waals surface area contributed by atoms with Gasteiger partial charge in [-0.05, 0) is 12.0 Å². The van der Waals surface area contributed by atoms with Crippen LogP contribution in [-0.2, 0) is 23.2 Å². The monoisotopic (exact) mass is 267 g/mol. The Morgan fingerprint density at radius 2 is 2.11 bits per heavy atom. The minimum absolute atomic E-state index is 0.0394. The fourth-order valence-corrected chi connectivity index (χ4v) is 1.41. The summed E-state index contributed by atoms with van der Waals surface area (Å²) >= 11 is 0. The smallest absolute Gasteiger partial charge is 0.239 e. The van der Waals surface area contributed by atoms with E-state index in [1.165, 1.54) is 0 Å². The van der Waals surface area contributed by atoms with Crippen LogP contribution in [0.3, 0.4) is 0 Å². The van der Waals surface area contributed by atoms with Crippen LogP contribution in [0.2, 0.25) is 0 Å². The molecule has 1 atom stereocenters. The van der Waals surface area contributed by atoms with Crippen LogP contribution >= 0.6 is 0 Å². The first-order chi connectivity index (χ1) is 8.91. The van der Waals surface area contributed by atoms with Crippen LogP contribution in [0.5, 0.6) is 0 Å². The van der Waals surface area contributed by atoms with Gasteiger partial charge in [-0.2, -0.15) is 5.10 Å². The predicted molar refractivity (Wildman–Crippen MR) is 70.9 cm³/mol. The summed E-state index contributed by atoms with van der Waals surface area (Å²) in [5, 5.41) is 9.19. The zero-order chi connectivity index (χ0) is 14.4. The lowest BCUT2D eigenvalue weighted by molar-refractivity contribution is -0.127. The fraction of sp³-hybridized carbons (Fsp3) is 0.583. The molecule has 0 aliphatic heterocycles. The van der Waals surface area contributed by atoms with Gasteiger partial charge in [0.05, 0.1) is 24.8 Å². The van der Waals surface area contributed by atoms with E-state index in [0.717, 1.165) is 5.69 Å². The lowest BCUT2D eigenvalue weighted by atomic mass is 10.1. The van der Waals surface area contributed by atoms with Gasteiger partial charge >= 0.3 is 0 Å². The topological polar surface area (TPSA) is 102 Å². The minimum Gasteiger partial charge on any atom is -0.349 e. The highest BCUT2D eigenvalue weighted by Crippen LogP contribution is 1.97. The molecule has 4 N–H and O–H groups in total. The number of nitrogens with two attached hydrogens (primary N) is 1. The highest BCUT2D eigenvalue weighted by molar-refractivity contribution is 5.87. The van der Waals surface area contributed by atoms with Gasteiger partial charge in [0, 0.05) is 13.2 Å². The van der Waals surface area contributed by atoms with Crippen LogP contribution in [0.25, 0.3) is 0 Å². The molecule has 19 heavy (non-hydrogen) atoms. The summed E-state index contributed by atoms with van der Waals surface area (Å²) in [5.41, 5.74) is 6.55. The zero-order valence-electron chi connectivity index (χ0n) is 11.5. The molecule has 1 rings (SSSR count). The second kappa shape index (κ2) is 6.89. The number of carbonyl (C=O) groups excluding carboxylic acids is 2. The Kier molecular flexibility index (Phi) is 5.50. The molecule has 2 amide bonds. The summed E-state index contributed by atoms with van der Waals surface area (Å²) in [5.74, 6) is -0.534. The van der Waals surface area contributed by atoms with Crippen molar-refractivity contribution in [1.29, 1.82) is 0 Å². The molecule has 0 saturated carbocycles. The molecule has 0 unspecified atom stereocenters. The molecule has 7 nitrogen and oxygen atoms in total. The molecule has 0 radical (unpaired) electrons. The van der Waals surface area contributed by atoms with E-state index < -0.39 is 6.04 Å². The second-order valence-corrected chi connectivity index (χ2v) is 4.71. The van der Waals surface area contributed by atoms with E-state index in [2.05, 4.69) is 15.7 Å². The Labute approximate surface area is 112 Å². The summed E-state index contributed by atoms with van der Waals surface area (Å²) in [6, 6.07) is 1.22. The van der Waals surface area contributed by atoms with E-state index in [9.17, 15) is 9.59 Å². The number of aryl methyl sites for hydroxylation is 1. The van der Waals surface area contributed by atoms with E-state index in [-0.39, 0.29) is 24.3 Å². The maximum atomic E-state index is 11.6. The van der Waals surface area contributed by atoms with E-state index >= 15 is 0 Å². The zero-order valence-corrected chi connectivity index (χ0v) is 11.5. The predicted octanol–water partition coefficient (Wildman–Crippen LogP) is -0.864. The van der Waals surface area contributed by atoms with E-state index in [1.54, 1.807) is 17.9 Å². The molecular formula is C12H21N5O2. The lowest BCUT2D eigenvalue weighted by Crippen LogP contribution is -2.47. The highest BCUT2D eigenvalue weighted by atomic mass is 16.2. The van der Waals surface area contributed by atoms with Crippen molar-refractivity contribution in [3.05, 3.63) is 18.0 Å². The van der Waals surface area contributed by atoms with Crippen molar-refractivity contribution in [2.45, 2.75) is 26.4 Å². The van der Waals surface area contributed by atoms with E-state index in [1.807, 2.05) is 19.9 Å². The molecule has 0 aromatic carbocycles. The molecule has 0 bridgehead atoms. The fourth-order valence-electron chi connectivity index (χ4n) is 1.41. The van der Waals surface area contributed by atoms with Crippen molar-refractivity contribution < 1.29 is 9.59 Å². The molecule has 106 valence electrons. The molecule has 0 saturated heterocycles. The van der Waals surface area contributed by atoms with Gasteiger partial charge < -0.3 is 16.4 Å². The van der Waals surface area contributed by atoms with Crippen LogP contribution in [0.4, 0.5) is 0 Å². The number of hydrogen-bond acceptors (Lipinski definition) is 4. The van der Waals surface area contributed by atoms with Crippen molar-refractivity contribution in [2.75, 3.05) is 6.54 Å². The van der Waals surface area contributed by atoms with Crippen molar-refractivity contribution in [1.82, 2.24) is 20.4 Å². The van der Waals surface area contributed by atoms with Crippen LogP contribution in [0.1, 0.15) is 19.5 Å². The minimum atomic E-state index is -0.593. The molecule has 1 aromatic rings. The number of carbonyl (C=O) groups is 2. The number of nitrogens with one attached hydrogen (secondary N) is 2. The summed E-state index contributed by atoms with van der Waals surface area (Å²) in [4.78, 5) is 23.1. The quantitative estimate of drug-likeness (QED) is 0.624. The molecule has 0 spiro atoms. The van der Waals surface area contributed by atoms with E-state index in [4.69, 9.17) is 5.73 Å². The number of hydrogen-bond donors (Lipinski definition) is 3. The Morgan fingerprint density at radius 3 is 2.63 bits per heavy atom. The van der Waals surface area contributed by atoms with Gasteiger partial charge in [-0.3, -0.25) is 14.3 Å². The van der Waals surface area contributed by atoms with Crippen LogP contribution in [0, 0.1) is 5.92 Å². The normalized spacial score (nSPS) is 12.3. The maximum Gasteiger partial charge on any atom is 0.239 e. The van der Waals surface area contributed by atoms with Crippen molar-refractivity contribution in [3.8, 4) is 0 Å². The van der Waals surface area contributed by atoms with Gasteiger partial charge in [0.15, 0.2) is 0 Å². The maximum absolute atomic E-state index is 11.6. The first-order valence-electron chi connectivity index (χ1n) is 6.18. The molecule has 1 heterocycles. The summed E-state index contributed by atoms with van der Waals surface area (Å²) < 4.78 is 1.67. The summed E-state index contributed by atoms with van der Waals surface area (Å²) in [6.45, 7) is 4.01. The third kappa shape index (κ3) is 4.70. The van der Waals surface area contributed by atoms with Gasteiger partial charge in [0.1, 0.15) is 0 Å². The Balaban J connectivity index is 2.29. The Bertz CT molecular complexity index is 441. The standard InChI is InChI=1S/C12H21N5O2/c1-8(2)11(13)12(19)15-7-10(18)14-6-9-4-5-16-17(9)3/h4-5,8,11H,6-7,13H2,1-3H3,(H,14,18)(H,15,19)/t11-/m0/s1. The molecule has 0 fully saturated rings. The Morgan fingerprint density at radius 1 is 1.42 bits per heavy atom. The van der Waals surface area contributed by atoms with Crippen LogP contribution in [-0.4, -0.2) is 34.2 Å². The summed E-state index contributed by atoms with van der Waals surface area (Å²) in [6.07, 6.45) is 1.66. The van der Waals surface area contributed by atoms with Crippen LogP contribution < -0.4 is 16.4 Å². The van der Waals surface area contributed by atoms with Crippen molar-refractivity contribution in [3.63, 3.8) is 0 Å². The van der Waals surface area contributed by atoms with Crippen LogP contribution in [0.15, 0.2) is 12.3 Å². The van der Waals surface area contributed by atoms with E-state index in [0.29, 0.717) is 6.54 Å². The molecule has 7 heteroatoms. The second-order valence-electron chi connectivity index (χ2n) is 4.71. The number of aromatic nitrogens is 2. The molecular weight excluding hydrogens is 246 g/mol. The van der Waals surface area contributed by atoms with Crippen molar-refractivity contribution >= 4 is 11.8 Å². The number of nitrogens with zero attached hydrogens (tertiary/aromatic N) is 2. The summed E-state index contributed by atoms with van der Waals surface area (Å²) in [7, 11) is 1.80. The Hall–Kier alpha value is -1.89. The average Bonchev–Trinajstić information content (AvgIpc) is 2.77. The third-order valence-corrected chi connectivity index (χ3v) is 2.83. The van der Waals surface area contributed by atoms with Gasteiger partial charge in [-0.15, -0.1) is 0 Å². The average molecular weight is 267 g/mol.